The summed E-state index contributed by atoms with van der Waals surface area (Å²) in [6, 6.07) is 1.65. The third-order valence-corrected chi connectivity index (χ3v) is 4.04. The van der Waals surface area contributed by atoms with Crippen molar-refractivity contribution in [3.63, 3.8) is 0 Å². The van der Waals surface area contributed by atoms with Crippen molar-refractivity contribution in [2.45, 2.75) is 11.1 Å². The van der Waals surface area contributed by atoms with Crippen molar-refractivity contribution >= 4 is 27.4 Å². The van der Waals surface area contributed by atoms with E-state index < -0.39 is 10.0 Å². The monoisotopic (exact) mass is 203 g/mol. The summed E-state index contributed by atoms with van der Waals surface area (Å²) in [7, 11) is -3.78. The van der Waals surface area contributed by atoms with Gasteiger partial charge in [0.2, 0.25) is 0 Å². The number of rotatable bonds is 2. The van der Waals surface area contributed by atoms with Crippen molar-refractivity contribution in [2.75, 3.05) is 0 Å². The van der Waals surface area contributed by atoms with Crippen LogP contribution < -0.4 is 0 Å². The molecule has 0 aliphatic carbocycles. The molecule has 0 radical (unpaired) electrons. The van der Waals surface area contributed by atoms with Gasteiger partial charge in [0.15, 0.2) is 0 Å². The van der Waals surface area contributed by atoms with Gasteiger partial charge in [0, 0.05) is 0 Å². The van der Waals surface area contributed by atoms with Crippen molar-refractivity contribution in [1.82, 2.24) is 0 Å². The van der Waals surface area contributed by atoms with Gasteiger partial charge in [-0.25, -0.2) is 4.79 Å². The molecule has 0 aliphatic rings. The largest absolute Gasteiger partial charge is 0.302 e. The molecule has 0 spiro atoms. The Morgan fingerprint density at radius 3 is 2.67 bits per heavy atom. The standard InChI is InChI=1S/C6H5NO3S2/c1-5-2-3-11-6(5)12(9,10)7-4-8/h2-3H,1H3. The Morgan fingerprint density at radius 1 is 1.58 bits per heavy atom. The van der Waals surface area contributed by atoms with E-state index in [2.05, 4.69) is 4.40 Å². The van der Waals surface area contributed by atoms with Gasteiger partial charge in [-0.1, -0.05) is 4.40 Å². The predicted molar refractivity (Wildman–Crippen MR) is 44.4 cm³/mol. The highest BCUT2D eigenvalue weighted by molar-refractivity contribution is 7.92. The van der Waals surface area contributed by atoms with E-state index in [4.69, 9.17) is 0 Å². The number of carbonyl (C=O) groups excluding carboxylic acids is 1. The topological polar surface area (TPSA) is 63.6 Å². The summed E-state index contributed by atoms with van der Waals surface area (Å²) in [6.45, 7) is 1.64. The summed E-state index contributed by atoms with van der Waals surface area (Å²) >= 11 is 1.04. The highest BCUT2D eigenvalue weighted by Crippen LogP contribution is 2.22. The van der Waals surface area contributed by atoms with E-state index in [0.29, 0.717) is 5.56 Å². The van der Waals surface area contributed by atoms with Gasteiger partial charge in [-0.3, -0.25) is 0 Å². The molecule has 0 fully saturated rings. The molecular formula is C6H5NO3S2. The molecule has 1 heterocycles. The third-order valence-electron chi connectivity index (χ3n) is 1.21. The molecule has 0 bridgehead atoms. The van der Waals surface area contributed by atoms with Crippen molar-refractivity contribution in [3.05, 3.63) is 17.0 Å². The fourth-order valence-corrected chi connectivity index (χ4v) is 2.78. The smallest absolute Gasteiger partial charge is 0.210 e. The van der Waals surface area contributed by atoms with Gasteiger partial charge < -0.3 is 0 Å². The first kappa shape index (κ1) is 9.12. The third kappa shape index (κ3) is 1.61. The van der Waals surface area contributed by atoms with Crippen LogP contribution in [0.15, 0.2) is 20.1 Å². The molecule has 1 aromatic rings. The molecule has 0 amide bonds. The summed E-state index contributed by atoms with van der Waals surface area (Å²) in [5.74, 6) is 0. The minimum absolute atomic E-state index is 0.103. The molecule has 0 aromatic carbocycles. The maximum absolute atomic E-state index is 11.1. The maximum Gasteiger partial charge on any atom is 0.302 e. The van der Waals surface area contributed by atoms with Crippen molar-refractivity contribution in [3.8, 4) is 0 Å². The van der Waals surface area contributed by atoms with E-state index in [9.17, 15) is 13.2 Å². The van der Waals surface area contributed by atoms with Crippen LogP contribution in [0.4, 0.5) is 0 Å². The van der Waals surface area contributed by atoms with Gasteiger partial charge in [-0.2, -0.15) is 8.42 Å². The Balaban J connectivity index is 3.33. The summed E-state index contributed by atoms with van der Waals surface area (Å²) < 4.78 is 25.0. The second-order valence-electron chi connectivity index (χ2n) is 2.05. The molecular weight excluding hydrogens is 198 g/mol. The quantitative estimate of drug-likeness (QED) is 0.533. The summed E-state index contributed by atoms with van der Waals surface area (Å²) in [4.78, 5) is 9.76. The second kappa shape index (κ2) is 3.18. The zero-order valence-electron chi connectivity index (χ0n) is 6.14. The average molecular weight is 203 g/mol. The van der Waals surface area contributed by atoms with Crippen molar-refractivity contribution in [2.24, 2.45) is 4.40 Å². The Labute approximate surface area is 73.6 Å². The maximum atomic E-state index is 11.1. The van der Waals surface area contributed by atoms with E-state index in [-0.39, 0.29) is 4.21 Å². The van der Waals surface area contributed by atoms with Crippen LogP contribution in [0.25, 0.3) is 0 Å². The molecule has 0 aliphatic heterocycles. The number of hydrogen-bond donors (Lipinski definition) is 0. The molecule has 0 atom stereocenters. The fourth-order valence-electron chi connectivity index (χ4n) is 0.714. The SMILES string of the molecule is Cc1ccsc1S(=O)(=O)N=C=O. The van der Waals surface area contributed by atoms with Crippen molar-refractivity contribution in [1.29, 1.82) is 0 Å². The molecule has 0 saturated carbocycles. The molecule has 0 unspecified atom stereocenters. The van der Waals surface area contributed by atoms with Crippen LogP contribution >= 0.6 is 11.3 Å². The molecule has 0 N–H and O–H groups in total. The van der Waals surface area contributed by atoms with E-state index >= 15 is 0 Å². The number of aryl methyl sites for hydroxylation is 1. The van der Waals surface area contributed by atoms with Crippen LogP contribution in [0.3, 0.4) is 0 Å². The Kier molecular flexibility index (Phi) is 2.42. The fraction of sp³-hybridized carbons (Fsp3) is 0.167. The van der Waals surface area contributed by atoms with Crippen LogP contribution in [0, 0.1) is 6.92 Å². The van der Waals surface area contributed by atoms with Crippen LogP contribution in [-0.4, -0.2) is 14.5 Å². The highest BCUT2D eigenvalue weighted by atomic mass is 32.2. The normalized spacial score (nSPS) is 10.8. The number of isocyanates is 1. The molecule has 64 valence electrons. The van der Waals surface area contributed by atoms with E-state index in [1.54, 1.807) is 18.4 Å². The lowest BCUT2D eigenvalue weighted by atomic mass is 10.4. The zero-order chi connectivity index (χ0) is 9.19. The van der Waals surface area contributed by atoms with Gasteiger partial charge in [-0.05, 0) is 23.9 Å². The molecule has 0 saturated heterocycles. The van der Waals surface area contributed by atoms with Crippen LogP contribution in [0.5, 0.6) is 0 Å². The molecule has 1 aromatic heterocycles. The number of thiophene rings is 1. The second-order valence-corrected chi connectivity index (χ2v) is 4.76. The van der Waals surface area contributed by atoms with E-state index in [0.717, 1.165) is 17.4 Å². The van der Waals surface area contributed by atoms with Gasteiger partial charge in [-0.15, -0.1) is 11.3 Å². The van der Waals surface area contributed by atoms with E-state index in [1.165, 1.54) is 0 Å². The summed E-state index contributed by atoms with van der Waals surface area (Å²) in [5, 5.41) is 1.63. The lowest BCUT2D eigenvalue weighted by Crippen LogP contribution is -1.94. The van der Waals surface area contributed by atoms with Gasteiger partial charge in [0.1, 0.15) is 4.21 Å². The number of hydrogen-bond acceptors (Lipinski definition) is 4. The number of nitrogens with zero attached hydrogens (tertiary/aromatic N) is 1. The number of sulfonamides is 1. The Morgan fingerprint density at radius 2 is 2.25 bits per heavy atom. The van der Waals surface area contributed by atoms with Crippen LogP contribution in [-0.2, 0) is 14.8 Å². The first-order valence-corrected chi connectivity index (χ1v) is 5.28. The zero-order valence-corrected chi connectivity index (χ0v) is 7.78. The van der Waals surface area contributed by atoms with Crippen LogP contribution in [0.1, 0.15) is 5.56 Å². The van der Waals surface area contributed by atoms with Gasteiger partial charge >= 0.3 is 10.0 Å². The predicted octanol–water partition coefficient (Wildman–Crippen LogP) is 1.08. The summed E-state index contributed by atoms with van der Waals surface area (Å²) in [5.41, 5.74) is 0.596. The van der Waals surface area contributed by atoms with Crippen LogP contribution in [0.2, 0.25) is 0 Å². The Hall–Kier alpha value is -0.970. The first-order valence-electron chi connectivity index (χ1n) is 2.96. The minimum atomic E-state index is -3.78. The lowest BCUT2D eigenvalue weighted by molar-refractivity contribution is 0.563. The Bertz CT molecular complexity index is 425. The summed E-state index contributed by atoms with van der Waals surface area (Å²) in [6.07, 6.45) is 1.02. The molecule has 6 heteroatoms. The minimum Gasteiger partial charge on any atom is -0.210 e. The van der Waals surface area contributed by atoms with Gasteiger partial charge in [0.25, 0.3) is 6.08 Å². The lowest BCUT2D eigenvalue weighted by Gasteiger charge is -1.91. The molecule has 12 heavy (non-hydrogen) atoms. The average Bonchev–Trinajstić information content (AvgIpc) is 2.35. The van der Waals surface area contributed by atoms with Gasteiger partial charge in [0.05, 0.1) is 0 Å². The molecule has 4 nitrogen and oxygen atoms in total. The molecule has 1 rings (SSSR count). The first-order chi connectivity index (χ1) is 5.58. The van der Waals surface area contributed by atoms with Crippen molar-refractivity contribution < 1.29 is 13.2 Å². The van der Waals surface area contributed by atoms with E-state index in [1.807, 2.05) is 0 Å². The highest BCUT2D eigenvalue weighted by Gasteiger charge is 2.16.